The van der Waals surface area contributed by atoms with Crippen molar-refractivity contribution in [1.82, 2.24) is 5.06 Å². The minimum absolute atomic E-state index is 0.00231. The van der Waals surface area contributed by atoms with Crippen LogP contribution in [0.5, 0.6) is 0 Å². The topological polar surface area (TPSA) is 55.6 Å². The Hall–Kier alpha value is -0.610. The van der Waals surface area contributed by atoms with Gasteiger partial charge in [0.05, 0.1) is 13.2 Å². The van der Waals surface area contributed by atoms with Gasteiger partial charge in [-0.1, -0.05) is 0 Å². The quantitative estimate of drug-likeness (QED) is 0.610. The van der Waals surface area contributed by atoms with Crippen LogP contribution in [0.4, 0.5) is 0 Å². The number of nitrogens with zero attached hydrogens (tertiary/aromatic N) is 1. The van der Waals surface area contributed by atoms with Crippen molar-refractivity contribution < 1.29 is 9.63 Å². The Morgan fingerprint density at radius 1 is 1.82 bits per heavy atom. The molecule has 64 valence electrons. The van der Waals surface area contributed by atoms with Crippen molar-refractivity contribution in [3.05, 3.63) is 0 Å². The third-order valence-electron chi connectivity index (χ3n) is 1.53. The van der Waals surface area contributed by atoms with Gasteiger partial charge in [-0.05, 0) is 13.3 Å². The maximum atomic E-state index is 11.2. The van der Waals surface area contributed by atoms with Crippen molar-refractivity contribution >= 4 is 5.91 Å². The van der Waals surface area contributed by atoms with Crippen LogP contribution in [-0.2, 0) is 9.63 Å². The number of hydrogen-bond donors (Lipinski definition) is 1. The van der Waals surface area contributed by atoms with Gasteiger partial charge in [0.1, 0.15) is 0 Å². The molecule has 1 fully saturated rings. The van der Waals surface area contributed by atoms with E-state index >= 15 is 0 Å². The zero-order valence-electron chi connectivity index (χ0n) is 6.75. The molecule has 4 nitrogen and oxygen atoms in total. The summed E-state index contributed by atoms with van der Waals surface area (Å²) in [4.78, 5) is 16.2. The van der Waals surface area contributed by atoms with E-state index < -0.39 is 0 Å². The van der Waals surface area contributed by atoms with Crippen LogP contribution >= 0.6 is 0 Å². The molecule has 1 rings (SSSR count). The lowest BCUT2D eigenvalue weighted by Gasteiger charge is -2.14. The molecule has 1 saturated heterocycles. The van der Waals surface area contributed by atoms with Crippen LogP contribution in [0.2, 0.25) is 0 Å². The average molecular weight is 158 g/mol. The second-order valence-electron chi connectivity index (χ2n) is 2.86. The summed E-state index contributed by atoms with van der Waals surface area (Å²) >= 11 is 0. The highest BCUT2D eigenvalue weighted by Crippen LogP contribution is 2.06. The number of carbonyl (C=O) groups excluding carboxylic acids is 1. The van der Waals surface area contributed by atoms with Crippen molar-refractivity contribution in [2.24, 2.45) is 5.73 Å². The van der Waals surface area contributed by atoms with E-state index in [4.69, 9.17) is 10.6 Å². The zero-order chi connectivity index (χ0) is 8.27. The summed E-state index contributed by atoms with van der Waals surface area (Å²) in [6, 6.07) is -0.0771. The molecule has 0 saturated carbocycles. The van der Waals surface area contributed by atoms with Gasteiger partial charge in [-0.3, -0.25) is 9.63 Å². The predicted molar refractivity (Wildman–Crippen MR) is 40.5 cm³/mol. The first kappa shape index (κ1) is 8.49. The lowest BCUT2D eigenvalue weighted by Crippen LogP contribution is -2.31. The van der Waals surface area contributed by atoms with Gasteiger partial charge in [-0.25, -0.2) is 5.06 Å². The smallest absolute Gasteiger partial charge is 0.247 e. The molecule has 0 bridgehead atoms. The first-order valence-electron chi connectivity index (χ1n) is 3.89. The minimum Gasteiger partial charge on any atom is -0.327 e. The molecular weight excluding hydrogens is 144 g/mol. The third-order valence-corrected chi connectivity index (χ3v) is 1.53. The molecule has 4 heteroatoms. The summed E-state index contributed by atoms with van der Waals surface area (Å²) in [5.74, 6) is -0.00231. The van der Waals surface area contributed by atoms with Crippen LogP contribution in [0.15, 0.2) is 0 Å². The largest absolute Gasteiger partial charge is 0.327 e. The summed E-state index contributed by atoms with van der Waals surface area (Å²) in [6.07, 6.45) is 1.31. The average Bonchev–Trinajstić information content (AvgIpc) is 2.35. The first-order chi connectivity index (χ1) is 5.20. The van der Waals surface area contributed by atoms with Crippen molar-refractivity contribution in [2.75, 3.05) is 13.2 Å². The summed E-state index contributed by atoms with van der Waals surface area (Å²) in [7, 11) is 0. The molecule has 0 aromatic heterocycles. The second-order valence-corrected chi connectivity index (χ2v) is 2.86. The van der Waals surface area contributed by atoms with E-state index in [0.717, 1.165) is 6.42 Å². The fourth-order valence-corrected chi connectivity index (χ4v) is 1.02. The van der Waals surface area contributed by atoms with Crippen molar-refractivity contribution in [1.29, 1.82) is 0 Å². The third kappa shape index (κ3) is 2.48. The maximum Gasteiger partial charge on any atom is 0.247 e. The highest BCUT2D eigenvalue weighted by atomic mass is 16.7. The van der Waals surface area contributed by atoms with E-state index in [1.807, 2.05) is 6.92 Å². The number of rotatable bonds is 2. The number of amides is 1. The van der Waals surface area contributed by atoms with E-state index in [-0.39, 0.29) is 11.9 Å². The molecule has 1 amide bonds. The van der Waals surface area contributed by atoms with Gasteiger partial charge in [0.25, 0.3) is 0 Å². The van der Waals surface area contributed by atoms with Gasteiger partial charge in [0.15, 0.2) is 0 Å². The van der Waals surface area contributed by atoms with Gasteiger partial charge in [0.2, 0.25) is 5.91 Å². The molecule has 1 atom stereocenters. The van der Waals surface area contributed by atoms with Crippen LogP contribution < -0.4 is 5.73 Å². The molecule has 0 aromatic carbocycles. The SMILES string of the molecule is CC(N)CC(=O)N1CCCO1. The maximum absolute atomic E-state index is 11.2. The van der Waals surface area contributed by atoms with Crippen LogP contribution in [0, 0.1) is 0 Å². The Balaban J connectivity index is 2.28. The van der Waals surface area contributed by atoms with Crippen LogP contribution in [0.3, 0.4) is 0 Å². The second kappa shape index (κ2) is 3.69. The standard InChI is InChI=1S/C7H14N2O2/c1-6(8)5-7(10)9-3-2-4-11-9/h6H,2-5,8H2,1H3. The molecule has 11 heavy (non-hydrogen) atoms. The summed E-state index contributed by atoms with van der Waals surface area (Å²) in [6.45, 7) is 3.18. The molecule has 0 aromatic rings. The van der Waals surface area contributed by atoms with Crippen molar-refractivity contribution in [2.45, 2.75) is 25.8 Å². The van der Waals surface area contributed by atoms with Crippen LogP contribution in [0.1, 0.15) is 19.8 Å². The van der Waals surface area contributed by atoms with Crippen molar-refractivity contribution in [3.8, 4) is 0 Å². The fraction of sp³-hybridized carbons (Fsp3) is 0.857. The molecule has 1 unspecified atom stereocenters. The summed E-state index contributed by atoms with van der Waals surface area (Å²) in [5, 5.41) is 1.41. The van der Waals surface area contributed by atoms with E-state index in [0.29, 0.717) is 19.6 Å². The van der Waals surface area contributed by atoms with E-state index in [1.54, 1.807) is 0 Å². The predicted octanol–water partition coefficient (Wildman–Crippen LogP) is -0.112. The number of carbonyl (C=O) groups is 1. The van der Waals surface area contributed by atoms with Gasteiger partial charge >= 0.3 is 0 Å². The number of nitrogens with two attached hydrogens (primary N) is 1. The Morgan fingerprint density at radius 2 is 2.55 bits per heavy atom. The number of hydroxylamine groups is 2. The molecule has 1 heterocycles. The molecule has 0 spiro atoms. The summed E-state index contributed by atoms with van der Waals surface area (Å²) in [5.41, 5.74) is 5.46. The van der Waals surface area contributed by atoms with E-state index in [9.17, 15) is 4.79 Å². The Bertz CT molecular complexity index is 141. The van der Waals surface area contributed by atoms with Crippen molar-refractivity contribution in [3.63, 3.8) is 0 Å². The molecular formula is C7H14N2O2. The minimum atomic E-state index is -0.0771. The van der Waals surface area contributed by atoms with Crippen LogP contribution in [-0.4, -0.2) is 30.2 Å². The van der Waals surface area contributed by atoms with Gasteiger partial charge in [0, 0.05) is 12.5 Å². The summed E-state index contributed by atoms with van der Waals surface area (Å²) < 4.78 is 0. The highest BCUT2D eigenvalue weighted by molar-refractivity contribution is 5.75. The number of hydrogen-bond acceptors (Lipinski definition) is 3. The Labute approximate surface area is 66.3 Å². The Kier molecular flexibility index (Phi) is 2.84. The lowest BCUT2D eigenvalue weighted by atomic mass is 10.2. The van der Waals surface area contributed by atoms with Gasteiger partial charge < -0.3 is 5.73 Å². The normalized spacial score (nSPS) is 20.4. The molecule has 1 aliphatic rings. The van der Waals surface area contributed by atoms with Gasteiger partial charge in [-0.2, -0.15) is 0 Å². The highest BCUT2D eigenvalue weighted by Gasteiger charge is 2.19. The molecule has 1 aliphatic heterocycles. The Morgan fingerprint density at radius 3 is 3.00 bits per heavy atom. The van der Waals surface area contributed by atoms with Gasteiger partial charge in [-0.15, -0.1) is 0 Å². The monoisotopic (exact) mass is 158 g/mol. The molecule has 2 N–H and O–H groups in total. The lowest BCUT2D eigenvalue weighted by molar-refractivity contribution is -0.168. The first-order valence-corrected chi connectivity index (χ1v) is 3.89. The zero-order valence-corrected chi connectivity index (χ0v) is 6.75. The van der Waals surface area contributed by atoms with E-state index in [1.165, 1.54) is 5.06 Å². The molecule has 0 aliphatic carbocycles. The fourth-order valence-electron chi connectivity index (χ4n) is 1.02. The molecule has 0 radical (unpaired) electrons. The van der Waals surface area contributed by atoms with Crippen LogP contribution in [0.25, 0.3) is 0 Å². The van der Waals surface area contributed by atoms with E-state index in [2.05, 4.69) is 0 Å².